The molecule has 0 saturated carbocycles. The Balaban J connectivity index is 1.41. The molecule has 17 nitrogen and oxygen atoms in total. The van der Waals surface area contributed by atoms with Crippen molar-refractivity contribution in [1.82, 2.24) is 35.1 Å². The molecule has 6 bridgehead atoms. The van der Waals surface area contributed by atoms with Gasteiger partial charge in [-0.3, -0.25) is 34.0 Å². The zero-order chi connectivity index (χ0) is 53.3. The predicted octanol–water partition coefficient (Wildman–Crippen LogP) is 6.95. The number of anilines is 1. The maximum Gasteiger partial charge on any atom is 0.324 e. The number of aliphatic imine (C=N–C) groups is 1. The van der Waals surface area contributed by atoms with E-state index in [-0.39, 0.29) is 43.0 Å². The van der Waals surface area contributed by atoms with E-state index < -0.39 is 53.1 Å². The first-order valence-corrected chi connectivity index (χ1v) is 25.0. The van der Waals surface area contributed by atoms with Crippen LogP contribution in [0.15, 0.2) is 90.2 Å². The van der Waals surface area contributed by atoms with Crippen molar-refractivity contribution in [2.24, 2.45) is 16.3 Å². The van der Waals surface area contributed by atoms with Crippen LogP contribution in [0.1, 0.15) is 88.6 Å². The second kappa shape index (κ2) is 24.2. The van der Waals surface area contributed by atoms with Gasteiger partial charge in [-0.15, -0.1) is 0 Å². The lowest BCUT2D eigenvalue weighted by Crippen LogP contribution is -2.62. The molecule has 0 aliphatic carbocycles. The maximum atomic E-state index is 14.8. The molecule has 6 rings (SSSR count). The number of carbonyl (C=O) groups excluding carboxylic acids is 5. The van der Waals surface area contributed by atoms with Crippen LogP contribution in [-0.2, 0) is 48.0 Å². The third-order valence-corrected chi connectivity index (χ3v) is 13.2. The fourth-order valence-corrected chi connectivity index (χ4v) is 9.62. The summed E-state index contributed by atoms with van der Waals surface area (Å²) in [6.45, 7) is 19.4. The summed E-state index contributed by atoms with van der Waals surface area (Å²) in [5, 5.41) is 19.4. The standard InChI is InChI=1S/C56H73N9O8/c1-13-41(49(57-14-2)35(6)72-12)51-43-31-56(7,8)33-73-55(71)45-18-16-25-65(61-45)54(70)46(28-36-26-38(29-40(66)27-36)37-20-23-47(42(43)30-37)64(51)15-3)60-52(68)50(34(4)5)63(11)53(69)44-22-21-39(32-58-44)59-48(67)19-17-24-62(9)10/h13-14,17,19-23,26-27,29-30,32,34-35,45-46,50,61,66H,1,15-16,18,24-25,28,31,33H2,2-12H3,(H,59,67)(H,60,68)/b19-17+,49-41+,57-14?/t35-,45-,46-,50-/m0/s1. The Morgan fingerprint density at radius 2 is 1.84 bits per heavy atom. The molecular weight excluding hydrogens is 927 g/mol. The van der Waals surface area contributed by atoms with E-state index >= 15 is 0 Å². The molecule has 4 aromatic rings. The number of hydrogen-bond acceptors (Lipinski definition) is 12. The highest BCUT2D eigenvalue weighted by Gasteiger charge is 2.38. The fraction of sp³-hybridized carbons (Fsp3) is 0.446. The lowest BCUT2D eigenvalue weighted by molar-refractivity contribution is -0.155. The first kappa shape index (κ1) is 55.4. The van der Waals surface area contributed by atoms with Crippen molar-refractivity contribution in [3.8, 4) is 16.9 Å². The molecule has 1 saturated heterocycles. The molecule has 2 aromatic carbocycles. The number of benzene rings is 2. The molecule has 17 heteroatoms. The van der Waals surface area contributed by atoms with Crippen molar-refractivity contribution >= 4 is 58.0 Å². The van der Waals surface area contributed by atoms with E-state index in [1.807, 2.05) is 51.1 Å². The quantitative estimate of drug-likeness (QED) is 0.0416. The largest absolute Gasteiger partial charge is 0.508 e. The van der Waals surface area contributed by atoms with E-state index in [2.05, 4.69) is 65.1 Å². The summed E-state index contributed by atoms with van der Waals surface area (Å²) in [5.74, 6) is -2.97. The lowest BCUT2D eigenvalue weighted by Gasteiger charge is -2.36. The first-order valence-electron chi connectivity index (χ1n) is 25.0. The van der Waals surface area contributed by atoms with Crippen LogP contribution in [0.5, 0.6) is 5.75 Å². The zero-order valence-electron chi connectivity index (χ0n) is 44.2. The summed E-state index contributed by atoms with van der Waals surface area (Å²) in [6, 6.07) is 11.2. The minimum Gasteiger partial charge on any atom is -0.508 e. The number of carbonyl (C=O) groups is 5. The Morgan fingerprint density at radius 3 is 2.48 bits per heavy atom. The molecule has 1 fully saturated rings. The molecular formula is C56H73N9O8. The lowest BCUT2D eigenvalue weighted by atomic mass is 9.84. The maximum absolute atomic E-state index is 14.8. The Labute approximate surface area is 429 Å². The monoisotopic (exact) mass is 1000 g/mol. The van der Waals surface area contributed by atoms with Gasteiger partial charge in [0.25, 0.3) is 11.8 Å². The number of fused-ring (bicyclic) bond motifs is 6. The van der Waals surface area contributed by atoms with E-state index in [1.165, 1.54) is 35.3 Å². The van der Waals surface area contributed by atoms with Gasteiger partial charge in [-0.05, 0) is 119 Å². The van der Waals surface area contributed by atoms with Crippen molar-refractivity contribution in [3.05, 3.63) is 108 Å². The predicted molar refractivity (Wildman–Crippen MR) is 286 cm³/mol. The van der Waals surface area contributed by atoms with Crippen molar-refractivity contribution in [2.45, 2.75) is 105 Å². The van der Waals surface area contributed by atoms with Crippen LogP contribution in [0.3, 0.4) is 0 Å². The topological polar surface area (TPSA) is 200 Å². The van der Waals surface area contributed by atoms with Gasteiger partial charge < -0.3 is 39.6 Å². The van der Waals surface area contributed by atoms with Crippen molar-refractivity contribution in [3.63, 3.8) is 0 Å². The molecule has 4 heterocycles. The summed E-state index contributed by atoms with van der Waals surface area (Å²) in [6.07, 6.45) is 9.06. The molecule has 0 radical (unpaired) electrons. The Bertz CT molecular complexity index is 2790. The number of ether oxygens (including phenoxy) is 2. The number of hydrogen-bond donors (Lipinski definition) is 4. The molecule has 73 heavy (non-hydrogen) atoms. The summed E-state index contributed by atoms with van der Waals surface area (Å²) >= 11 is 0. The molecule has 4 N–H and O–H groups in total. The van der Waals surface area contributed by atoms with Gasteiger partial charge in [0, 0.05) is 74.4 Å². The third kappa shape index (κ3) is 13.2. The molecule has 4 amide bonds. The second-order valence-electron chi connectivity index (χ2n) is 20.2. The van der Waals surface area contributed by atoms with Crippen molar-refractivity contribution < 1.29 is 38.6 Å². The molecule has 4 atom stereocenters. The Morgan fingerprint density at radius 1 is 1.08 bits per heavy atom. The summed E-state index contributed by atoms with van der Waals surface area (Å²) in [5.41, 5.74) is 9.41. The number of hydrazine groups is 1. The van der Waals surface area contributed by atoms with Crippen LogP contribution in [0.2, 0.25) is 0 Å². The number of amides is 4. The summed E-state index contributed by atoms with van der Waals surface area (Å²) in [4.78, 5) is 82.2. The van der Waals surface area contributed by atoms with E-state index in [9.17, 15) is 29.1 Å². The minimum absolute atomic E-state index is 0.0385. The summed E-state index contributed by atoms with van der Waals surface area (Å²) in [7, 11) is 6.93. The normalized spacial score (nSPS) is 18.6. The van der Waals surface area contributed by atoms with Gasteiger partial charge in [0.15, 0.2) is 0 Å². The van der Waals surface area contributed by atoms with Gasteiger partial charge >= 0.3 is 5.97 Å². The Kier molecular flexibility index (Phi) is 18.3. The molecule has 390 valence electrons. The average Bonchev–Trinajstić information content (AvgIpc) is 3.65. The molecule has 0 spiro atoms. The number of esters is 1. The van der Waals surface area contributed by atoms with Crippen LogP contribution in [-0.4, -0.2) is 137 Å². The van der Waals surface area contributed by atoms with Gasteiger partial charge in [-0.25, -0.2) is 10.4 Å². The smallest absolute Gasteiger partial charge is 0.324 e. The number of rotatable bonds is 15. The highest BCUT2D eigenvalue weighted by Crippen LogP contribution is 2.40. The van der Waals surface area contributed by atoms with Gasteiger partial charge in [0.2, 0.25) is 11.8 Å². The van der Waals surface area contributed by atoms with E-state index in [0.717, 1.165) is 33.3 Å². The average molecular weight is 1000 g/mol. The minimum atomic E-state index is -1.21. The molecule has 2 aliphatic rings. The third-order valence-electron chi connectivity index (χ3n) is 13.2. The highest BCUT2D eigenvalue weighted by atomic mass is 16.5. The molecule has 0 unspecified atom stereocenters. The molecule has 2 aliphatic heterocycles. The van der Waals surface area contributed by atoms with Gasteiger partial charge in [0.05, 0.1) is 36.0 Å². The van der Waals surface area contributed by atoms with Gasteiger partial charge in [-0.2, -0.15) is 0 Å². The van der Waals surface area contributed by atoms with E-state index in [1.54, 1.807) is 51.4 Å². The number of cyclic esters (lactones) is 1. The number of aromatic hydroxyl groups is 1. The highest BCUT2D eigenvalue weighted by molar-refractivity contribution is 6.00. The van der Waals surface area contributed by atoms with Crippen LogP contribution in [0.25, 0.3) is 27.6 Å². The number of allylic oxidation sites excluding steroid dienone is 2. The number of aromatic nitrogens is 2. The number of nitrogens with zero attached hydrogens (tertiary/aromatic N) is 6. The van der Waals surface area contributed by atoms with E-state index in [0.29, 0.717) is 54.9 Å². The second-order valence-corrected chi connectivity index (χ2v) is 20.2. The number of methoxy groups -OCH3 is 1. The fourth-order valence-electron chi connectivity index (χ4n) is 9.62. The summed E-state index contributed by atoms with van der Waals surface area (Å²) < 4.78 is 14.2. The number of nitrogens with one attached hydrogen (secondary N) is 3. The molecule has 2 aromatic heterocycles. The van der Waals surface area contributed by atoms with Crippen LogP contribution in [0, 0.1) is 11.3 Å². The SMILES string of the molecule is C=C/C(=C(\N=CC)[C@H](C)OC)c1c2c3cc(ccc3n1CC)-c1cc(O)cc(c1)C[C@H](NC(=O)[C@H](C(C)C)N(C)C(=O)c1ccc(NC(=O)/C=C/CN(C)C)cn1)C(=O)N1CCC[C@H](N1)C(=O)OCC(C)(C)C2. The van der Waals surface area contributed by atoms with Crippen LogP contribution >= 0.6 is 0 Å². The van der Waals surface area contributed by atoms with Crippen molar-refractivity contribution in [1.29, 1.82) is 0 Å². The number of phenolic OH excluding ortho intramolecular Hbond substituents is 1. The number of aryl methyl sites for hydroxylation is 1. The van der Waals surface area contributed by atoms with E-state index in [4.69, 9.17) is 14.5 Å². The first-order chi connectivity index (χ1) is 34.7. The van der Waals surface area contributed by atoms with Gasteiger partial charge in [0.1, 0.15) is 29.6 Å². The number of phenols is 1. The number of pyridine rings is 1. The van der Waals surface area contributed by atoms with Crippen molar-refractivity contribution in [2.75, 3.05) is 53.3 Å². The van der Waals surface area contributed by atoms with Gasteiger partial charge in [-0.1, -0.05) is 58.6 Å². The Hall–Kier alpha value is -6.95. The number of likely N-dealkylation sites (N-methyl/N-ethyl adjacent to an activating group) is 2. The van der Waals surface area contributed by atoms with Crippen LogP contribution < -0.4 is 16.1 Å². The van der Waals surface area contributed by atoms with Crippen LogP contribution in [0.4, 0.5) is 5.69 Å². The zero-order valence-corrected chi connectivity index (χ0v) is 44.2.